The Hall–Kier alpha value is -2.38. The second-order valence-corrected chi connectivity index (χ2v) is 4.33. The SMILES string of the molecule is CCOC(=O)c1cnn(CCOC(=O)CC)c1NC(=O)CC. The molecule has 8 heteroatoms. The van der Waals surface area contributed by atoms with Gasteiger partial charge in [-0.05, 0) is 6.92 Å². The fraction of sp³-hybridized carbons (Fsp3) is 0.571. The number of nitrogens with one attached hydrogen (secondary N) is 1. The van der Waals surface area contributed by atoms with Crippen LogP contribution in [0.3, 0.4) is 0 Å². The molecule has 0 unspecified atom stereocenters. The molecular formula is C14H21N3O5. The number of hydrogen-bond acceptors (Lipinski definition) is 6. The van der Waals surface area contributed by atoms with Gasteiger partial charge in [-0.15, -0.1) is 0 Å². The molecule has 0 saturated heterocycles. The number of esters is 2. The summed E-state index contributed by atoms with van der Waals surface area (Å²) in [7, 11) is 0. The van der Waals surface area contributed by atoms with E-state index in [1.807, 2.05) is 0 Å². The Morgan fingerprint density at radius 3 is 2.50 bits per heavy atom. The van der Waals surface area contributed by atoms with Gasteiger partial charge in [0.2, 0.25) is 5.91 Å². The lowest BCUT2D eigenvalue weighted by molar-refractivity contribution is -0.143. The van der Waals surface area contributed by atoms with Crippen molar-refractivity contribution in [3.63, 3.8) is 0 Å². The molecule has 0 aliphatic heterocycles. The molecule has 0 aromatic carbocycles. The summed E-state index contributed by atoms with van der Waals surface area (Å²) in [5, 5.41) is 6.66. The highest BCUT2D eigenvalue weighted by Gasteiger charge is 2.20. The van der Waals surface area contributed by atoms with Crippen LogP contribution < -0.4 is 5.32 Å². The molecule has 0 bridgehead atoms. The summed E-state index contributed by atoms with van der Waals surface area (Å²) >= 11 is 0. The minimum absolute atomic E-state index is 0.103. The molecule has 122 valence electrons. The fourth-order valence-corrected chi connectivity index (χ4v) is 1.61. The van der Waals surface area contributed by atoms with E-state index in [2.05, 4.69) is 10.4 Å². The van der Waals surface area contributed by atoms with Gasteiger partial charge in [0.25, 0.3) is 0 Å². The first-order valence-corrected chi connectivity index (χ1v) is 7.21. The van der Waals surface area contributed by atoms with Crippen LogP contribution in [0.4, 0.5) is 5.82 Å². The lowest BCUT2D eigenvalue weighted by Crippen LogP contribution is -2.19. The number of nitrogens with zero attached hydrogens (tertiary/aromatic N) is 2. The molecule has 1 amide bonds. The van der Waals surface area contributed by atoms with Crippen LogP contribution in [0.2, 0.25) is 0 Å². The van der Waals surface area contributed by atoms with Crippen molar-refractivity contribution in [1.82, 2.24) is 9.78 Å². The van der Waals surface area contributed by atoms with Crippen LogP contribution >= 0.6 is 0 Å². The molecule has 0 atom stereocenters. The second-order valence-electron chi connectivity index (χ2n) is 4.33. The van der Waals surface area contributed by atoms with E-state index >= 15 is 0 Å². The Morgan fingerprint density at radius 1 is 1.18 bits per heavy atom. The van der Waals surface area contributed by atoms with Gasteiger partial charge in [0.05, 0.1) is 19.3 Å². The van der Waals surface area contributed by atoms with E-state index in [4.69, 9.17) is 9.47 Å². The van der Waals surface area contributed by atoms with Crippen LogP contribution in [-0.2, 0) is 25.6 Å². The number of ether oxygens (including phenoxy) is 2. The second kappa shape index (κ2) is 8.81. The van der Waals surface area contributed by atoms with Crippen molar-refractivity contribution in [1.29, 1.82) is 0 Å². The zero-order valence-electron chi connectivity index (χ0n) is 13.0. The quantitative estimate of drug-likeness (QED) is 0.728. The Labute approximate surface area is 128 Å². The molecule has 1 aromatic heterocycles. The van der Waals surface area contributed by atoms with E-state index in [1.54, 1.807) is 20.8 Å². The van der Waals surface area contributed by atoms with E-state index in [-0.39, 0.29) is 55.9 Å². The van der Waals surface area contributed by atoms with Gasteiger partial charge in [-0.25, -0.2) is 9.48 Å². The lowest BCUT2D eigenvalue weighted by Gasteiger charge is -2.10. The summed E-state index contributed by atoms with van der Waals surface area (Å²) in [5.74, 6) is -0.890. The van der Waals surface area contributed by atoms with E-state index in [0.29, 0.717) is 0 Å². The van der Waals surface area contributed by atoms with Crippen LogP contribution in [0, 0.1) is 0 Å². The van der Waals surface area contributed by atoms with Gasteiger partial charge in [-0.2, -0.15) is 5.10 Å². The number of rotatable bonds is 8. The third kappa shape index (κ3) is 4.87. The summed E-state index contributed by atoms with van der Waals surface area (Å²) in [6, 6.07) is 0. The average molecular weight is 311 g/mol. The molecule has 0 spiro atoms. The number of hydrogen-bond donors (Lipinski definition) is 1. The van der Waals surface area contributed by atoms with Crippen LogP contribution in [0.25, 0.3) is 0 Å². The van der Waals surface area contributed by atoms with Crippen molar-refractivity contribution in [2.24, 2.45) is 0 Å². The van der Waals surface area contributed by atoms with Crippen molar-refractivity contribution in [2.75, 3.05) is 18.5 Å². The Bertz CT molecular complexity index is 539. The van der Waals surface area contributed by atoms with Crippen LogP contribution in [0.15, 0.2) is 6.20 Å². The third-order valence-corrected chi connectivity index (χ3v) is 2.77. The van der Waals surface area contributed by atoms with Gasteiger partial charge in [-0.1, -0.05) is 13.8 Å². The first kappa shape index (κ1) is 17.7. The summed E-state index contributed by atoms with van der Waals surface area (Å²) in [6.45, 7) is 5.64. The highest BCUT2D eigenvalue weighted by atomic mass is 16.5. The van der Waals surface area contributed by atoms with Gasteiger partial charge >= 0.3 is 11.9 Å². The summed E-state index contributed by atoms with van der Waals surface area (Å²) in [6.07, 6.45) is 1.87. The molecule has 8 nitrogen and oxygen atoms in total. The predicted molar refractivity (Wildman–Crippen MR) is 78.4 cm³/mol. The van der Waals surface area contributed by atoms with Crippen molar-refractivity contribution in [3.8, 4) is 0 Å². The monoisotopic (exact) mass is 311 g/mol. The summed E-state index contributed by atoms with van der Waals surface area (Å²) in [5.41, 5.74) is 0.172. The maximum absolute atomic E-state index is 11.9. The van der Waals surface area contributed by atoms with Gasteiger partial charge in [0.1, 0.15) is 18.0 Å². The molecule has 1 N–H and O–H groups in total. The van der Waals surface area contributed by atoms with E-state index in [9.17, 15) is 14.4 Å². The van der Waals surface area contributed by atoms with Crippen molar-refractivity contribution in [3.05, 3.63) is 11.8 Å². The third-order valence-electron chi connectivity index (χ3n) is 2.77. The summed E-state index contributed by atoms with van der Waals surface area (Å²) in [4.78, 5) is 34.6. The Morgan fingerprint density at radius 2 is 1.91 bits per heavy atom. The molecule has 0 saturated carbocycles. The maximum Gasteiger partial charge on any atom is 0.343 e. The predicted octanol–water partition coefficient (Wildman–Crippen LogP) is 1.36. The highest BCUT2D eigenvalue weighted by Crippen LogP contribution is 2.17. The number of carbonyl (C=O) groups excluding carboxylic acids is 3. The first-order valence-electron chi connectivity index (χ1n) is 7.21. The average Bonchev–Trinajstić information content (AvgIpc) is 2.90. The Kier molecular flexibility index (Phi) is 7.07. The van der Waals surface area contributed by atoms with Crippen molar-refractivity contribution < 1.29 is 23.9 Å². The van der Waals surface area contributed by atoms with Gasteiger partial charge in [0, 0.05) is 12.8 Å². The number of amides is 1. The smallest absolute Gasteiger partial charge is 0.343 e. The van der Waals surface area contributed by atoms with Gasteiger partial charge < -0.3 is 14.8 Å². The van der Waals surface area contributed by atoms with E-state index in [1.165, 1.54) is 10.9 Å². The zero-order chi connectivity index (χ0) is 16.5. The molecular weight excluding hydrogens is 290 g/mol. The lowest BCUT2D eigenvalue weighted by atomic mass is 10.3. The molecule has 0 fully saturated rings. The summed E-state index contributed by atoms with van der Waals surface area (Å²) < 4.78 is 11.3. The minimum atomic E-state index is -0.564. The van der Waals surface area contributed by atoms with Gasteiger partial charge in [-0.3, -0.25) is 9.59 Å². The number of carbonyl (C=O) groups is 3. The number of anilines is 1. The van der Waals surface area contributed by atoms with Crippen LogP contribution in [-0.4, -0.2) is 40.8 Å². The zero-order valence-corrected chi connectivity index (χ0v) is 13.0. The van der Waals surface area contributed by atoms with Crippen LogP contribution in [0.5, 0.6) is 0 Å². The van der Waals surface area contributed by atoms with Crippen LogP contribution in [0.1, 0.15) is 44.0 Å². The van der Waals surface area contributed by atoms with Crippen molar-refractivity contribution >= 4 is 23.7 Å². The fourth-order valence-electron chi connectivity index (χ4n) is 1.61. The number of aromatic nitrogens is 2. The standard InChI is InChI=1S/C14H21N3O5/c1-4-11(18)16-13-10(14(20)21-6-3)9-15-17(13)7-8-22-12(19)5-2/h9H,4-8H2,1-3H3,(H,16,18). The molecule has 22 heavy (non-hydrogen) atoms. The molecule has 1 heterocycles. The molecule has 0 radical (unpaired) electrons. The molecule has 1 aromatic rings. The van der Waals surface area contributed by atoms with Gasteiger partial charge in [0.15, 0.2) is 0 Å². The molecule has 1 rings (SSSR count). The van der Waals surface area contributed by atoms with Crippen molar-refractivity contribution in [2.45, 2.75) is 40.2 Å². The molecule has 0 aliphatic rings. The first-order chi connectivity index (χ1) is 10.5. The highest BCUT2D eigenvalue weighted by molar-refractivity contribution is 6.00. The van der Waals surface area contributed by atoms with E-state index in [0.717, 1.165) is 0 Å². The normalized spacial score (nSPS) is 10.1. The minimum Gasteiger partial charge on any atom is -0.464 e. The maximum atomic E-state index is 11.9. The Balaban J connectivity index is 2.88. The topological polar surface area (TPSA) is 99.5 Å². The van der Waals surface area contributed by atoms with E-state index < -0.39 is 5.97 Å². The largest absolute Gasteiger partial charge is 0.464 e. The molecule has 0 aliphatic carbocycles.